The molecule has 36 heavy (non-hydrogen) atoms. The minimum atomic E-state index is -0.0728. The number of carbonyl (C=O) groups is 1. The Balaban J connectivity index is 1.37. The third-order valence-corrected chi connectivity index (χ3v) is 6.95. The van der Waals surface area contributed by atoms with E-state index < -0.39 is 0 Å². The Morgan fingerprint density at radius 3 is 2.56 bits per heavy atom. The maximum atomic E-state index is 13.3. The van der Waals surface area contributed by atoms with Crippen LogP contribution in [0.2, 0.25) is 0 Å². The van der Waals surface area contributed by atoms with E-state index in [2.05, 4.69) is 43.9 Å². The number of rotatable bonds is 5. The summed E-state index contributed by atoms with van der Waals surface area (Å²) in [6.45, 7) is 10.5. The highest BCUT2D eigenvalue weighted by Crippen LogP contribution is 2.44. The SMILES string of the molecule is COc1ccccc1CCN1COc2cc(C)c3c(c2C1)O/C(=C\c1ccc(C(C)(C)C)cc1)C3=O. The maximum absolute atomic E-state index is 13.3. The van der Waals surface area contributed by atoms with Crippen LogP contribution in [0.1, 0.15) is 58.9 Å². The van der Waals surface area contributed by atoms with Crippen LogP contribution in [0, 0.1) is 6.92 Å². The van der Waals surface area contributed by atoms with Crippen LogP contribution in [0.15, 0.2) is 60.4 Å². The van der Waals surface area contributed by atoms with E-state index >= 15 is 0 Å². The molecule has 0 atom stereocenters. The molecule has 0 bridgehead atoms. The number of para-hydroxylation sites is 1. The first-order chi connectivity index (χ1) is 17.2. The zero-order valence-corrected chi connectivity index (χ0v) is 21.7. The minimum Gasteiger partial charge on any atom is -0.496 e. The third-order valence-electron chi connectivity index (χ3n) is 6.95. The van der Waals surface area contributed by atoms with Gasteiger partial charge >= 0.3 is 0 Å². The highest BCUT2D eigenvalue weighted by atomic mass is 16.5. The summed E-state index contributed by atoms with van der Waals surface area (Å²) < 4.78 is 17.8. The third kappa shape index (κ3) is 4.63. The number of ether oxygens (including phenoxy) is 3. The smallest absolute Gasteiger partial charge is 0.232 e. The number of hydrogen-bond acceptors (Lipinski definition) is 5. The van der Waals surface area contributed by atoms with Crippen LogP contribution in [0.3, 0.4) is 0 Å². The molecule has 0 saturated carbocycles. The fourth-order valence-corrected chi connectivity index (χ4v) is 4.84. The van der Waals surface area contributed by atoms with Gasteiger partial charge in [0, 0.05) is 13.1 Å². The first-order valence-corrected chi connectivity index (χ1v) is 12.4. The number of nitrogens with zero attached hydrogens (tertiary/aromatic N) is 1. The summed E-state index contributed by atoms with van der Waals surface area (Å²) in [5, 5.41) is 0. The van der Waals surface area contributed by atoms with E-state index in [0.29, 0.717) is 30.3 Å². The molecule has 5 rings (SSSR count). The summed E-state index contributed by atoms with van der Waals surface area (Å²) in [5.74, 6) is 2.61. The van der Waals surface area contributed by atoms with Gasteiger partial charge in [0.25, 0.3) is 0 Å². The number of ketones is 1. The van der Waals surface area contributed by atoms with Crippen molar-refractivity contribution in [2.75, 3.05) is 20.4 Å². The quantitative estimate of drug-likeness (QED) is 0.398. The van der Waals surface area contributed by atoms with Crippen molar-refractivity contribution < 1.29 is 19.0 Å². The first-order valence-electron chi connectivity index (χ1n) is 12.4. The molecular formula is C31H33NO4. The standard InChI is InChI=1S/C31H33NO4/c1-20-16-26-24(18-32(19-35-26)15-14-22-8-6-7-9-25(22)34-5)30-28(20)29(33)27(36-30)17-21-10-12-23(13-11-21)31(2,3)4/h6-13,16-17H,14-15,18-19H2,1-5H3/b27-17-. The lowest BCUT2D eigenvalue weighted by Gasteiger charge is -2.30. The second-order valence-electron chi connectivity index (χ2n) is 10.6. The highest BCUT2D eigenvalue weighted by molar-refractivity contribution is 6.15. The van der Waals surface area contributed by atoms with E-state index in [9.17, 15) is 4.79 Å². The normalized spacial score (nSPS) is 16.4. The zero-order chi connectivity index (χ0) is 25.4. The summed E-state index contributed by atoms with van der Waals surface area (Å²) in [6, 6.07) is 18.3. The Kier molecular flexibility index (Phi) is 6.35. The lowest BCUT2D eigenvalue weighted by atomic mass is 9.86. The average Bonchev–Trinajstić information content (AvgIpc) is 3.19. The van der Waals surface area contributed by atoms with Crippen molar-refractivity contribution in [3.63, 3.8) is 0 Å². The first kappa shape index (κ1) is 24.1. The van der Waals surface area contributed by atoms with Gasteiger partial charge in [-0.2, -0.15) is 0 Å². The number of methoxy groups -OCH3 is 1. The predicted octanol–water partition coefficient (Wildman–Crippen LogP) is 6.31. The van der Waals surface area contributed by atoms with Crippen LogP contribution in [0.4, 0.5) is 0 Å². The number of allylic oxidation sites excluding steroid dienone is 1. The zero-order valence-electron chi connectivity index (χ0n) is 21.7. The van der Waals surface area contributed by atoms with Crippen molar-refractivity contribution in [2.24, 2.45) is 0 Å². The summed E-state index contributed by atoms with van der Waals surface area (Å²) in [7, 11) is 1.70. The molecule has 0 saturated heterocycles. The van der Waals surface area contributed by atoms with Crippen molar-refractivity contribution >= 4 is 11.9 Å². The van der Waals surface area contributed by atoms with E-state index in [0.717, 1.165) is 46.7 Å². The molecule has 2 aliphatic rings. The Morgan fingerprint density at radius 1 is 1.08 bits per heavy atom. The van der Waals surface area contributed by atoms with Gasteiger partial charge in [0.1, 0.15) is 24.0 Å². The Morgan fingerprint density at radius 2 is 1.83 bits per heavy atom. The van der Waals surface area contributed by atoms with Gasteiger partial charge in [0.2, 0.25) is 5.78 Å². The molecule has 5 heteroatoms. The van der Waals surface area contributed by atoms with Gasteiger partial charge in [0.15, 0.2) is 5.76 Å². The van der Waals surface area contributed by atoms with Gasteiger partial charge in [-0.15, -0.1) is 0 Å². The van der Waals surface area contributed by atoms with Crippen LogP contribution >= 0.6 is 0 Å². The van der Waals surface area contributed by atoms with Crippen LogP contribution in [-0.4, -0.2) is 31.1 Å². The van der Waals surface area contributed by atoms with Crippen LogP contribution in [0.25, 0.3) is 6.08 Å². The van der Waals surface area contributed by atoms with Gasteiger partial charge in [0.05, 0.1) is 18.2 Å². The number of fused-ring (bicyclic) bond motifs is 3. The summed E-state index contributed by atoms with van der Waals surface area (Å²) in [4.78, 5) is 15.6. The molecule has 2 heterocycles. The molecule has 0 fully saturated rings. The topological polar surface area (TPSA) is 48.0 Å². The molecule has 0 aromatic heterocycles. The summed E-state index contributed by atoms with van der Waals surface area (Å²) in [6.07, 6.45) is 2.68. The monoisotopic (exact) mass is 483 g/mol. The Bertz CT molecular complexity index is 1330. The van der Waals surface area contributed by atoms with Gasteiger partial charge < -0.3 is 14.2 Å². The molecular weight excluding hydrogens is 450 g/mol. The minimum absolute atomic E-state index is 0.0728. The van der Waals surface area contributed by atoms with Crippen LogP contribution < -0.4 is 14.2 Å². The van der Waals surface area contributed by atoms with E-state index in [-0.39, 0.29) is 11.2 Å². The summed E-state index contributed by atoms with van der Waals surface area (Å²) >= 11 is 0. The Hall–Kier alpha value is -3.57. The molecule has 0 aliphatic carbocycles. The Labute approximate surface area is 213 Å². The molecule has 2 aliphatic heterocycles. The molecule has 5 nitrogen and oxygen atoms in total. The van der Waals surface area contributed by atoms with E-state index in [1.165, 1.54) is 5.56 Å². The number of aryl methyl sites for hydroxylation is 1. The second kappa shape index (κ2) is 9.47. The fraction of sp³-hybridized carbons (Fsp3) is 0.323. The van der Waals surface area contributed by atoms with Gasteiger partial charge in [-0.1, -0.05) is 63.2 Å². The number of benzene rings is 3. The lowest BCUT2D eigenvalue weighted by molar-refractivity contribution is 0.0947. The van der Waals surface area contributed by atoms with Gasteiger partial charge in [-0.05, 0) is 59.2 Å². The van der Waals surface area contributed by atoms with Crippen LogP contribution in [0.5, 0.6) is 17.2 Å². The molecule has 3 aromatic carbocycles. The summed E-state index contributed by atoms with van der Waals surface area (Å²) in [5.41, 5.74) is 5.89. The second-order valence-corrected chi connectivity index (χ2v) is 10.6. The molecule has 186 valence electrons. The number of hydrogen-bond donors (Lipinski definition) is 0. The van der Waals surface area contributed by atoms with Gasteiger partial charge in [-0.25, -0.2) is 0 Å². The molecule has 0 N–H and O–H groups in total. The van der Waals surface area contributed by atoms with Gasteiger partial charge in [-0.3, -0.25) is 9.69 Å². The molecule has 0 spiro atoms. The number of Topliss-reactive ketones (excluding diaryl/α,β-unsaturated/α-hetero) is 1. The molecule has 0 unspecified atom stereocenters. The number of carbonyl (C=O) groups excluding carboxylic acids is 1. The maximum Gasteiger partial charge on any atom is 0.232 e. The van der Waals surface area contributed by atoms with Crippen molar-refractivity contribution in [1.82, 2.24) is 4.90 Å². The van der Waals surface area contributed by atoms with E-state index in [4.69, 9.17) is 14.2 Å². The molecule has 3 aromatic rings. The van der Waals surface area contributed by atoms with E-state index in [1.54, 1.807) is 7.11 Å². The highest BCUT2D eigenvalue weighted by Gasteiger charge is 2.35. The fourth-order valence-electron chi connectivity index (χ4n) is 4.84. The van der Waals surface area contributed by atoms with Crippen molar-refractivity contribution in [1.29, 1.82) is 0 Å². The van der Waals surface area contributed by atoms with Crippen molar-refractivity contribution in [3.8, 4) is 17.2 Å². The molecule has 0 amide bonds. The van der Waals surface area contributed by atoms with E-state index in [1.807, 2.05) is 49.4 Å². The average molecular weight is 484 g/mol. The van der Waals surface area contributed by atoms with Crippen molar-refractivity contribution in [2.45, 2.75) is 46.1 Å². The lowest BCUT2D eigenvalue weighted by Crippen LogP contribution is -2.34. The largest absolute Gasteiger partial charge is 0.496 e. The van der Waals surface area contributed by atoms with Crippen LogP contribution in [-0.2, 0) is 18.4 Å². The molecule has 0 radical (unpaired) electrons. The van der Waals surface area contributed by atoms with Crippen molar-refractivity contribution in [3.05, 3.63) is 93.7 Å². The predicted molar refractivity (Wildman–Crippen MR) is 142 cm³/mol.